The molecule has 1 saturated heterocycles. The van der Waals surface area contributed by atoms with Crippen molar-refractivity contribution in [2.45, 2.75) is 25.9 Å². The number of benzene rings is 2. The van der Waals surface area contributed by atoms with E-state index in [0.717, 1.165) is 0 Å². The lowest BCUT2D eigenvalue weighted by Crippen LogP contribution is -2.31. The summed E-state index contributed by atoms with van der Waals surface area (Å²) in [5, 5.41) is 11.5. The van der Waals surface area contributed by atoms with E-state index in [-0.39, 0.29) is 11.3 Å². The number of ketones is 1. The number of halogens is 1. The van der Waals surface area contributed by atoms with Crippen LogP contribution in [0, 0.1) is 0 Å². The maximum absolute atomic E-state index is 13.2. The molecular weight excluding hydrogens is 470 g/mol. The first-order chi connectivity index (χ1) is 16.9. The Morgan fingerprint density at radius 3 is 2.54 bits per heavy atom. The fraction of sp³-hybridized carbons (Fsp3) is 0.269. The van der Waals surface area contributed by atoms with Gasteiger partial charge in [0, 0.05) is 31.0 Å². The van der Waals surface area contributed by atoms with E-state index in [1.54, 1.807) is 56.0 Å². The largest absolute Gasteiger partial charge is 0.507 e. The Labute approximate surface area is 208 Å². The summed E-state index contributed by atoms with van der Waals surface area (Å²) >= 11 is 6.31. The molecule has 1 N–H and O–H groups in total. The van der Waals surface area contributed by atoms with Crippen LogP contribution in [-0.2, 0) is 16.1 Å². The molecule has 1 atom stereocenters. The molecule has 4 rings (SSSR count). The average molecular weight is 496 g/mol. The Hall–Kier alpha value is -3.78. The zero-order valence-electron chi connectivity index (χ0n) is 19.5. The predicted octanol–water partition coefficient (Wildman–Crippen LogP) is 4.46. The van der Waals surface area contributed by atoms with Gasteiger partial charge in [0.2, 0.25) is 0 Å². The summed E-state index contributed by atoms with van der Waals surface area (Å²) in [5.74, 6) is -0.571. The lowest BCUT2D eigenvalue weighted by atomic mass is 9.95. The molecule has 8 nitrogen and oxygen atoms in total. The average Bonchev–Trinajstić information content (AvgIpc) is 3.47. The monoisotopic (exact) mass is 495 g/mol. The first-order valence-electron chi connectivity index (χ1n) is 11.3. The van der Waals surface area contributed by atoms with Gasteiger partial charge in [-0.15, -0.1) is 0 Å². The number of aliphatic hydroxyl groups excluding tert-OH is 1. The summed E-state index contributed by atoms with van der Waals surface area (Å²) in [6.07, 6.45) is 5.83. The number of rotatable bonds is 9. The van der Waals surface area contributed by atoms with Crippen molar-refractivity contribution in [2.75, 3.05) is 20.3 Å². The Kier molecular flexibility index (Phi) is 7.41. The minimum absolute atomic E-state index is 0.0167. The van der Waals surface area contributed by atoms with Gasteiger partial charge in [-0.2, -0.15) is 0 Å². The van der Waals surface area contributed by atoms with Crippen LogP contribution >= 0.6 is 11.6 Å². The number of ether oxygens (including phenoxy) is 2. The molecule has 0 saturated carbocycles. The smallest absolute Gasteiger partial charge is 0.295 e. The van der Waals surface area contributed by atoms with Gasteiger partial charge in [0.15, 0.2) is 0 Å². The van der Waals surface area contributed by atoms with E-state index in [9.17, 15) is 14.7 Å². The standard InChI is InChI=1S/C26H26ClN3O5/c1-3-35-21-10-7-18(15-20(21)27)24(31)22-23(17-5-8-19(34-2)9-6-17)30(26(33)25(22)32)13-4-12-29-14-11-28-16-29/h5-11,14-16,23,31H,3-4,12-13H2,1-2H3. The number of amides is 1. The normalized spacial score (nSPS) is 17.1. The maximum atomic E-state index is 13.2. The summed E-state index contributed by atoms with van der Waals surface area (Å²) in [5.41, 5.74) is 1.03. The molecule has 0 radical (unpaired) electrons. The predicted molar refractivity (Wildman–Crippen MR) is 131 cm³/mol. The number of imidazole rings is 1. The zero-order valence-corrected chi connectivity index (χ0v) is 20.2. The number of aryl methyl sites for hydroxylation is 1. The van der Waals surface area contributed by atoms with Crippen molar-refractivity contribution < 1.29 is 24.2 Å². The molecule has 1 fully saturated rings. The highest BCUT2D eigenvalue weighted by atomic mass is 35.5. The number of Topliss-reactive ketones (excluding diaryl/α,β-unsaturated/α-hetero) is 1. The number of carbonyl (C=O) groups excluding carboxylic acids is 2. The molecule has 1 aliphatic rings. The third-order valence-electron chi connectivity index (χ3n) is 5.85. The lowest BCUT2D eigenvalue weighted by molar-refractivity contribution is -0.139. The number of hydrogen-bond acceptors (Lipinski definition) is 6. The third kappa shape index (κ3) is 5.02. The number of nitrogens with zero attached hydrogens (tertiary/aromatic N) is 3. The summed E-state index contributed by atoms with van der Waals surface area (Å²) in [4.78, 5) is 31.8. The van der Waals surface area contributed by atoms with Crippen LogP contribution in [0.3, 0.4) is 0 Å². The summed E-state index contributed by atoms with van der Waals surface area (Å²) < 4.78 is 12.6. The quantitative estimate of drug-likeness (QED) is 0.268. The number of carbonyl (C=O) groups is 2. The van der Waals surface area contributed by atoms with Gasteiger partial charge in [-0.25, -0.2) is 4.98 Å². The van der Waals surface area contributed by atoms with Gasteiger partial charge >= 0.3 is 0 Å². The van der Waals surface area contributed by atoms with Crippen molar-refractivity contribution >= 4 is 29.1 Å². The highest BCUT2D eigenvalue weighted by molar-refractivity contribution is 6.46. The van der Waals surface area contributed by atoms with Crippen molar-refractivity contribution in [1.82, 2.24) is 14.5 Å². The van der Waals surface area contributed by atoms with Gasteiger partial charge in [-0.3, -0.25) is 9.59 Å². The Morgan fingerprint density at radius 2 is 1.91 bits per heavy atom. The summed E-state index contributed by atoms with van der Waals surface area (Å²) in [7, 11) is 1.56. The molecule has 9 heteroatoms. The van der Waals surface area contributed by atoms with Crippen LogP contribution in [0.4, 0.5) is 0 Å². The summed E-state index contributed by atoms with van der Waals surface area (Å²) in [6, 6.07) is 11.1. The first kappa shape index (κ1) is 24.3. The van der Waals surface area contributed by atoms with Gasteiger partial charge in [0.1, 0.15) is 17.3 Å². The number of aliphatic hydroxyl groups is 1. The van der Waals surface area contributed by atoms with Crippen LogP contribution in [0.1, 0.15) is 30.5 Å². The Morgan fingerprint density at radius 1 is 1.14 bits per heavy atom. The molecule has 1 aliphatic heterocycles. The molecule has 2 heterocycles. The molecule has 1 amide bonds. The van der Waals surface area contributed by atoms with E-state index in [0.29, 0.717) is 53.8 Å². The van der Waals surface area contributed by atoms with E-state index in [2.05, 4.69) is 4.98 Å². The second-order valence-corrected chi connectivity index (χ2v) is 8.41. The van der Waals surface area contributed by atoms with Gasteiger partial charge in [0.25, 0.3) is 11.7 Å². The molecule has 0 bridgehead atoms. The van der Waals surface area contributed by atoms with Gasteiger partial charge in [-0.1, -0.05) is 23.7 Å². The molecular formula is C26H26ClN3O5. The van der Waals surface area contributed by atoms with Crippen LogP contribution in [0.2, 0.25) is 5.02 Å². The van der Waals surface area contributed by atoms with Crippen molar-refractivity contribution in [2.24, 2.45) is 0 Å². The maximum Gasteiger partial charge on any atom is 0.295 e. The first-order valence-corrected chi connectivity index (χ1v) is 11.6. The minimum atomic E-state index is -0.756. The molecule has 0 spiro atoms. The summed E-state index contributed by atoms with van der Waals surface area (Å²) in [6.45, 7) is 3.23. The van der Waals surface area contributed by atoms with E-state index in [1.807, 2.05) is 17.7 Å². The van der Waals surface area contributed by atoms with E-state index in [1.165, 1.54) is 11.0 Å². The topological polar surface area (TPSA) is 93.9 Å². The highest BCUT2D eigenvalue weighted by Crippen LogP contribution is 2.40. The van der Waals surface area contributed by atoms with Crippen molar-refractivity contribution in [3.63, 3.8) is 0 Å². The zero-order chi connectivity index (χ0) is 24.9. The lowest BCUT2D eigenvalue weighted by Gasteiger charge is -2.25. The number of aromatic nitrogens is 2. The van der Waals surface area contributed by atoms with Gasteiger partial charge in [0.05, 0.1) is 36.7 Å². The fourth-order valence-electron chi connectivity index (χ4n) is 4.16. The van der Waals surface area contributed by atoms with Crippen molar-refractivity contribution in [3.8, 4) is 11.5 Å². The number of likely N-dealkylation sites (tertiary alicyclic amines) is 1. The van der Waals surface area contributed by atoms with E-state index in [4.69, 9.17) is 21.1 Å². The Balaban J connectivity index is 1.73. The van der Waals surface area contributed by atoms with E-state index < -0.39 is 17.7 Å². The van der Waals surface area contributed by atoms with Crippen LogP contribution in [0.15, 0.2) is 66.8 Å². The second kappa shape index (κ2) is 10.7. The molecule has 35 heavy (non-hydrogen) atoms. The third-order valence-corrected chi connectivity index (χ3v) is 6.15. The van der Waals surface area contributed by atoms with Gasteiger partial charge < -0.3 is 24.0 Å². The SMILES string of the molecule is CCOc1ccc(C(O)=C2C(=O)C(=O)N(CCCn3ccnc3)C2c2ccc(OC)cc2)cc1Cl. The fourth-order valence-corrected chi connectivity index (χ4v) is 4.40. The van der Waals surface area contributed by atoms with Crippen molar-refractivity contribution in [1.29, 1.82) is 0 Å². The van der Waals surface area contributed by atoms with Crippen LogP contribution in [0.5, 0.6) is 11.5 Å². The van der Waals surface area contributed by atoms with Crippen molar-refractivity contribution in [3.05, 3.63) is 82.9 Å². The molecule has 1 unspecified atom stereocenters. The molecule has 2 aromatic carbocycles. The molecule has 182 valence electrons. The number of methoxy groups -OCH3 is 1. The number of hydrogen-bond donors (Lipinski definition) is 1. The highest BCUT2D eigenvalue weighted by Gasteiger charge is 2.45. The van der Waals surface area contributed by atoms with Crippen LogP contribution in [0.25, 0.3) is 5.76 Å². The van der Waals surface area contributed by atoms with Crippen LogP contribution in [-0.4, -0.2) is 51.5 Å². The second-order valence-electron chi connectivity index (χ2n) is 8.00. The molecule has 3 aromatic rings. The van der Waals surface area contributed by atoms with Gasteiger partial charge in [-0.05, 0) is 49.2 Å². The van der Waals surface area contributed by atoms with E-state index >= 15 is 0 Å². The molecule has 1 aromatic heterocycles. The molecule has 0 aliphatic carbocycles. The van der Waals surface area contributed by atoms with Crippen LogP contribution < -0.4 is 9.47 Å². The Bertz CT molecular complexity index is 1240. The minimum Gasteiger partial charge on any atom is -0.507 e.